The van der Waals surface area contributed by atoms with Gasteiger partial charge in [-0.15, -0.1) is 0 Å². The number of fused-ring (bicyclic) bond motifs is 1. The second-order valence-corrected chi connectivity index (χ2v) is 6.12. The first kappa shape index (κ1) is 18.4. The Bertz CT molecular complexity index is 838. The number of para-hydroxylation sites is 2. The summed E-state index contributed by atoms with van der Waals surface area (Å²) in [5.74, 6) is -0.189. The van der Waals surface area contributed by atoms with Crippen molar-refractivity contribution < 1.29 is 19.1 Å². The van der Waals surface area contributed by atoms with Crippen LogP contribution in [0.2, 0.25) is 0 Å². The van der Waals surface area contributed by atoms with Crippen LogP contribution in [0.25, 0.3) is 0 Å². The average Bonchev–Trinajstić information content (AvgIpc) is 2.69. The summed E-state index contributed by atoms with van der Waals surface area (Å²) in [4.78, 5) is 37.9. The van der Waals surface area contributed by atoms with Gasteiger partial charge in [-0.2, -0.15) is 0 Å². The molecule has 7 heteroatoms. The topological polar surface area (TPSA) is 87.7 Å². The van der Waals surface area contributed by atoms with Crippen LogP contribution in [-0.4, -0.2) is 43.5 Å². The van der Waals surface area contributed by atoms with Crippen LogP contribution >= 0.6 is 0 Å². The highest BCUT2D eigenvalue weighted by Crippen LogP contribution is 2.33. The Morgan fingerprint density at radius 3 is 2.44 bits per heavy atom. The maximum atomic E-state index is 12.4. The normalized spacial score (nSPS) is 15.5. The lowest BCUT2D eigenvalue weighted by atomic mass is 10.2. The van der Waals surface area contributed by atoms with Crippen molar-refractivity contribution in [3.63, 3.8) is 0 Å². The molecular weight excluding hydrogens is 346 g/mol. The summed E-state index contributed by atoms with van der Waals surface area (Å²) in [6, 6.07) is 16.0. The Kier molecular flexibility index (Phi) is 5.71. The van der Waals surface area contributed by atoms with Gasteiger partial charge in [0, 0.05) is 18.7 Å². The molecule has 7 nitrogen and oxygen atoms in total. The lowest BCUT2D eigenvalue weighted by molar-refractivity contribution is -0.128. The van der Waals surface area contributed by atoms with Crippen molar-refractivity contribution in [1.82, 2.24) is 10.6 Å². The third-order valence-corrected chi connectivity index (χ3v) is 4.14. The molecule has 1 atom stereocenters. The molecule has 1 unspecified atom stereocenters. The highest BCUT2D eigenvalue weighted by atomic mass is 16.5. The van der Waals surface area contributed by atoms with E-state index in [2.05, 4.69) is 10.6 Å². The van der Waals surface area contributed by atoms with Gasteiger partial charge in [-0.25, -0.2) is 0 Å². The molecule has 0 spiro atoms. The van der Waals surface area contributed by atoms with E-state index in [9.17, 15) is 14.4 Å². The van der Waals surface area contributed by atoms with Gasteiger partial charge in [-0.3, -0.25) is 19.3 Å². The third kappa shape index (κ3) is 4.44. The minimum Gasteiger partial charge on any atom is -0.479 e. The van der Waals surface area contributed by atoms with Crippen LogP contribution in [0.3, 0.4) is 0 Å². The van der Waals surface area contributed by atoms with Crippen LogP contribution in [0.15, 0.2) is 54.6 Å². The maximum absolute atomic E-state index is 12.4. The molecule has 3 amide bonds. The van der Waals surface area contributed by atoms with E-state index in [1.54, 1.807) is 49.4 Å². The summed E-state index contributed by atoms with van der Waals surface area (Å²) in [5, 5.41) is 5.45. The molecule has 1 heterocycles. The van der Waals surface area contributed by atoms with Crippen LogP contribution in [0.4, 0.5) is 5.69 Å². The Balaban J connectivity index is 1.49. The van der Waals surface area contributed by atoms with Crippen LogP contribution in [0.1, 0.15) is 17.3 Å². The molecule has 2 aromatic carbocycles. The van der Waals surface area contributed by atoms with Crippen molar-refractivity contribution in [3.05, 3.63) is 60.2 Å². The van der Waals surface area contributed by atoms with Crippen molar-refractivity contribution in [1.29, 1.82) is 0 Å². The van der Waals surface area contributed by atoms with Crippen LogP contribution in [0.5, 0.6) is 5.75 Å². The molecule has 2 N–H and O–H groups in total. The predicted octanol–water partition coefficient (Wildman–Crippen LogP) is 1.35. The summed E-state index contributed by atoms with van der Waals surface area (Å²) >= 11 is 0. The Labute approximate surface area is 157 Å². The number of carbonyl (C=O) groups excluding carboxylic acids is 3. The van der Waals surface area contributed by atoms with E-state index in [1.165, 1.54) is 4.90 Å². The molecule has 140 valence electrons. The van der Waals surface area contributed by atoms with Gasteiger partial charge in [0.2, 0.25) is 5.91 Å². The number of ether oxygens (including phenoxy) is 1. The minimum absolute atomic E-state index is 0.101. The highest BCUT2D eigenvalue weighted by Gasteiger charge is 2.32. The number of nitrogens with zero attached hydrogens (tertiary/aromatic N) is 1. The zero-order chi connectivity index (χ0) is 19.2. The fourth-order valence-electron chi connectivity index (χ4n) is 2.79. The zero-order valence-electron chi connectivity index (χ0n) is 15.0. The van der Waals surface area contributed by atoms with Crippen molar-refractivity contribution in [2.24, 2.45) is 0 Å². The van der Waals surface area contributed by atoms with E-state index in [-0.39, 0.29) is 30.8 Å². The first-order valence-corrected chi connectivity index (χ1v) is 8.73. The molecule has 0 aliphatic carbocycles. The van der Waals surface area contributed by atoms with Crippen molar-refractivity contribution in [2.45, 2.75) is 13.0 Å². The van der Waals surface area contributed by atoms with Crippen molar-refractivity contribution in [3.8, 4) is 5.75 Å². The fraction of sp³-hybridized carbons (Fsp3) is 0.250. The standard InChI is InChI=1S/C20H21N3O4/c1-14-20(26)23(16-9-5-6-10-17(16)27-14)13-18(24)21-11-12-22-19(25)15-7-3-2-4-8-15/h2-10,14H,11-13H2,1H3,(H,21,24)(H,22,25). The zero-order valence-corrected chi connectivity index (χ0v) is 15.0. The molecule has 0 aromatic heterocycles. The summed E-state index contributed by atoms with van der Waals surface area (Å²) in [6.45, 7) is 2.12. The molecule has 0 saturated heterocycles. The van der Waals surface area contributed by atoms with E-state index in [0.29, 0.717) is 23.5 Å². The molecule has 0 radical (unpaired) electrons. The second-order valence-electron chi connectivity index (χ2n) is 6.12. The molecule has 27 heavy (non-hydrogen) atoms. The Morgan fingerprint density at radius 2 is 1.67 bits per heavy atom. The van der Waals surface area contributed by atoms with E-state index in [1.807, 2.05) is 12.1 Å². The molecule has 0 bridgehead atoms. The lowest BCUT2D eigenvalue weighted by Gasteiger charge is -2.32. The number of benzene rings is 2. The molecular formula is C20H21N3O4. The van der Waals surface area contributed by atoms with Crippen molar-refractivity contribution >= 4 is 23.4 Å². The van der Waals surface area contributed by atoms with Crippen LogP contribution in [0, 0.1) is 0 Å². The number of carbonyl (C=O) groups is 3. The number of hydrogen-bond acceptors (Lipinski definition) is 4. The molecule has 2 aromatic rings. The maximum Gasteiger partial charge on any atom is 0.268 e. The smallest absolute Gasteiger partial charge is 0.268 e. The Hall–Kier alpha value is -3.35. The van der Waals surface area contributed by atoms with Gasteiger partial charge in [0.05, 0.1) is 5.69 Å². The third-order valence-electron chi connectivity index (χ3n) is 4.14. The molecule has 0 saturated carbocycles. The summed E-state index contributed by atoms with van der Waals surface area (Å²) in [5.41, 5.74) is 1.14. The number of anilines is 1. The van der Waals surface area contributed by atoms with Gasteiger partial charge < -0.3 is 15.4 Å². The molecule has 0 fully saturated rings. The fourth-order valence-corrected chi connectivity index (χ4v) is 2.79. The Morgan fingerprint density at radius 1 is 1.00 bits per heavy atom. The molecule has 1 aliphatic rings. The second kappa shape index (κ2) is 8.35. The average molecular weight is 367 g/mol. The first-order chi connectivity index (χ1) is 13.1. The molecule has 3 rings (SSSR count). The van der Waals surface area contributed by atoms with E-state index in [0.717, 1.165) is 0 Å². The van der Waals surface area contributed by atoms with E-state index >= 15 is 0 Å². The van der Waals surface area contributed by atoms with Gasteiger partial charge >= 0.3 is 0 Å². The summed E-state index contributed by atoms with van der Waals surface area (Å²) in [7, 11) is 0. The summed E-state index contributed by atoms with van der Waals surface area (Å²) in [6.07, 6.45) is -0.641. The van der Waals surface area contributed by atoms with Crippen molar-refractivity contribution in [2.75, 3.05) is 24.5 Å². The lowest BCUT2D eigenvalue weighted by Crippen LogP contribution is -2.49. The SMILES string of the molecule is CC1Oc2ccccc2N(CC(=O)NCCNC(=O)c2ccccc2)C1=O. The van der Waals surface area contributed by atoms with E-state index in [4.69, 9.17) is 4.74 Å². The van der Waals surface area contributed by atoms with Gasteiger partial charge in [0.25, 0.3) is 11.8 Å². The van der Waals surface area contributed by atoms with Gasteiger partial charge in [-0.05, 0) is 31.2 Å². The minimum atomic E-state index is -0.641. The number of nitrogens with one attached hydrogen (secondary N) is 2. The largest absolute Gasteiger partial charge is 0.479 e. The highest BCUT2D eigenvalue weighted by molar-refractivity contribution is 6.03. The predicted molar refractivity (Wildman–Crippen MR) is 101 cm³/mol. The van der Waals surface area contributed by atoms with Crippen LogP contribution < -0.4 is 20.3 Å². The van der Waals surface area contributed by atoms with Gasteiger partial charge in [-0.1, -0.05) is 30.3 Å². The van der Waals surface area contributed by atoms with E-state index < -0.39 is 6.10 Å². The van der Waals surface area contributed by atoms with Crippen LogP contribution in [-0.2, 0) is 9.59 Å². The van der Waals surface area contributed by atoms with Gasteiger partial charge in [0.15, 0.2) is 6.10 Å². The quantitative estimate of drug-likeness (QED) is 0.755. The summed E-state index contributed by atoms with van der Waals surface area (Å²) < 4.78 is 5.55. The first-order valence-electron chi connectivity index (χ1n) is 8.73. The number of rotatable bonds is 6. The van der Waals surface area contributed by atoms with Gasteiger partial charge in [0.1, 0.15) is 12.3 Å². The number of hydrogen-bond donors (Lipinski definition) is 2. The monoisotopic (exact) mass is 367 g/mol. The molecule has 1 aliphatic heterocycles. The number of amides is 3.